The molecule has 4 heteroatoms. The maximum Gasteiger partial charge on any atom is 0.335 e. The molecule has 2 bridgehead atoms. The van der Waals surface area contributed by atoms with Gasteiger partial charge in [0.25, 0.3) is 0 Å². The number of hydrogen-bond acceptors (Lipinski definition) is 3. The van der Waals surface area contributed by atoms with E-state index in [1.54, 1.807) is 12.1 Å². The Balaban J connectivity index is 1.77. The zero-order valence-electron chi connectivity index (χ0n) is 14.0. The number of benzene rings is 2. The lowest BCUT2D eigenvalue weighted by Gasteiger charge is -2.47. The number of rotatable bonds is 4. The van der Waals surface area contributed by atoms with E-state index in [-0.39, 0.29) is 23.4 Å². The predicted octanol–water partition coefficient (Wildman–Crippen LogP) is 3.18. The fourth-order valence-corrected chi connectivity index (χ4v) is 4.31. The summed E-state index contributed by atoms with van der Waals surface area (Å²) in [6.07, 6.45) is 1.93. The summed E-state index contributed by atoms with van der Waals surface area (Å²) in [5.41, 5.74) is 2.38. The van der Waals surface area contributed by atoms with E-state index < -0.39 is 5.97 Å². The smallest absolute Gasteiger partial charge is 0.335 e. The van der Waals surface area contributed by atoms with Crippen LogP contribution in [-0.4, -0.2) is 40.9 Å². The van der Waals surface area contributed by atoms with Crippen LogP contribution in [0.4, 0.5) is 0 Å². The van der Waals surface area contributed by atoms with Crippen LogP contribution in [0, 0.1) is 5.92 Å². The Bertz CT molecular complexity index is 777. The Morgan fingerprint density at radius 3 is 2.12 bits per heavy atom. The Kier molecular flexibility index (Phi) is 4.14. The molecule has 0 aromatic heterocycles. The number of aromatic carboxylic acids is 1. The van der Waals surface area contributed by atoms with Crippen molar-refractivity contribution >= 4 is 11.8 Å². The van der Waals surface area contributed by atoms with Crippen molar-refractivity contribution in [3.8, 4) is 0 Å². The number of ketones is 1. The van der Waals surface area contributed by atoms with Crippen LogP contribution < -0.4 is 0 Å². The molecule has 5 rings (SSSR count). The Morgan fingerprint density at radius 2 is 1.56 bits per heavy atom. The van der Waals surface area contributed by atoms with Gasteiger partial charge in [0.15, 0.2) is 5.78 Å². The average molecular weight is 335 g/mol. The van der Waals surface area contributed by atoms with E-state index in [1.807, 2.05) is 30.3 Å². The zero-order chi connectivity index (χ0) is 17.4. The van der Waals surface area contributed by atoms with Crippen LogP contribution in [0.2, 0.25) is 0 Å². The Morgan fingerprint density at radius 1 is 0.960 bits per heavy atom. The van der Waals surface area contributed by atoms with Crippen LogP contribution in [0.5, 0.6) is 0 Å². The minimum absolute atomic E-state index is 0.0559. The fourth-order valence-electron chi connectivity index (χ4n) is 4.31. The lowest BCUT2D eigenvalue weighted by molar-refractivity contribution is -0.137. The second kappa shape index (κ2) is 6.45. The van der Waals surface area contributed by atoms with E-state index in [2.05, 4.69) is 17.0 Å². The second-order valence-electron chi connectivity index (χ2n) is 6.97. The number of piperidine rings is 3. The van der Waals surface area contributed by atoms with Crippen LogP contribution in [0.3, 0.4) is 0 Å². The van der Waals surface area contributed by atoms with Crippen molar-refractivity contribution in [1.29, 1.82) is 0 Å². The molecule has 25 heavy (non-hydrogen) atoms. The number of fused-ring (bicyclic) bond motifs is 3. The van der Waals surface area contributed by atoms with Crippen LogP contribution in [-0.2, 0) is 4.79 Å². The van der Waals surface area contributed by atoms with E-state index in [0.717, 1.165) is 37.1 Å². The van der Waals surface area contributed by atoms with Gasteiger partial charge in [0.05, 0.1) is 11.6 Å². The highest BCUT2D eigenvalue weighted by molar-refractivity contribution is 5.90. The first-order valence-corrected chi connectivity index (χ1v) is 8.81. The highest BCUT2D eigenvalue weighted by atomic mass is 16.4. The van der Waals surface area contributed by atoms with Gasteiger partial charge >= 0.3 is 5.97 Å². The maximum atomic E-state index is 13.0. The largest absolute Gasteiger partial charge is 0.478 e. The standard InChI is InChI=1S/C21H21NO3/c23-20-16-10-12-22(13-11-16)19(20)18(14-4-2-1-3-5-14)15-6-8-17(9-7-15)21(24)25/h1-9,16,18-19H,10-13H2,(H,24,25). The van der Waals surface area contributed by atoms with Crippen molar-refractivity contribution < 1.29 is 14.7 Å². The molecular formula is C21H21NO3. The maximum absolute atomic E-state index is 13.0. The first kappa shape index (κ1) is 16.0. The highest BCUT2D eigenvalue weighted by Crippen LogP contribution is 2.39. The number of carbonyl (C=O) groups is 2. The summed E-state index contributed by atoms with van der Waals surface area (Å²) >= 11 is 0. The first-order valence-electron chi connectivity index (χ1n) is 8.81. The molecule has 2 aromatic rings. The molecule has 0 radical (unpaired) electrons. The fraction of sp³-hybridized carbons (Fsp3) is 0.333. The molecule has 3 fully saturated rings. The van der Waals surface area contributed by atoms with E-state index in [4.69, 9.17) is 5.11 Å². The summed E-state index contributed by atoms with van der Waals surface area (Å²) in [5.74, 6) is -0.466. The van der Waals surface area contributed by atoms with Gasteiger partial charge < -0.3 is 5.11 Å². The Hall–Kier alpha value is -2.46. The molecule has 3 aliphatic heterocycles. The van der Waals surface area contributed by atoms with E-state index >= 15 is 0 Å². The molecule has 2 aromatic carbocycles. The minimum atomic E-state index is -0.931. The monoisotopic (exact) mass is 335 g/mol. The first-order chi connectivity index (χ1) is 12.1. The van der Waals surface area contributed by atoms with Crippen LogP contribution in [0.1, 0.15) is 40.2 Å². The second-order valence-corrected chi connectivity index (χ2v) is 6.97. The molecule has 0 saturated carbocycles. The van der Waals surface area contributed by atoms with Crippen molar-refractivity contribution in [2.75, 3.05) is 13.1 Å². The summed E-state index contributed by atoms with van der Waals surface area (Å²) in [7, 11) is 0. The van der Waals surface area contributed by atoms with Gasteiger partial charge in [-0.2, -0.15) is 0 Å². The van der Waals surface area contributed by atoms with E-state index in [9.17, 15) is 9.59 Å². The van der Waals surface area contributed by atoms with Gasteiger partial charge in [-0.15, -0.1) is 0 Å². The van der Waals surface area contributed by atoms with Crippen molar-refractivity contribution in [2.45, 2.75) is 24.8 Å². The van der Waals surface area contributed by atoms with Gasteiger partial charge in [0.1, 0.15) is 0 Å². The lowest BCUT2D eigenvalue weighted by Crippen LogP contribution is -2.57. The van der Waals surface area contributed by atoms with Crippen molar-refractivity contribution in [3.05, 3.63) is 71.3 Å². The third-order valence-electron chi connectivity index (χ3n) is 5.61. The zero-order valence-corrected chi connectivity index (χ0v) is 14.0. The predicted molar refractivity (Wildman–Crippen MR) is 94.8 cm³/mol. The molecule has 2 atom stereocenters. The minimum Gasteiger partial charge on any atom is -0.478 e. The number of Topliss-reactive ketones (excluding diaryl/α,β-unsaturated/α-hetero) is 1. The molecule has 0 aliphatic carbocycles. The summed E-state index contributed by atoms with van der Waals surface area (Å²) in [6, 6.07) is 16.9. The van der Waals surface area contributed by atoms with Gasteiger partial charge in [-0.05, 0) is 49.2 Å². The third-order valence-corrected chi connectivity index (χ3v) is 5.61. The van der Waals surface area contributed by atoms with E-state index in [0.29, 0.717) is 5.78 Å². The molecule has 3 heterocycles. The molecule has 128 valence electrons. The summed E-state index contributed by atoms with van der Waals surface area (Å²) in [4.78, 5) is 26.5. The summed E-state index contributed by atoms with van der Waals surface area (Å²) in [5, 5.41) is 9.15. The normalized spacial score (nSPS) is 26.4. The number of hydrogen-bond donors (Lipinski definition) is 1. The van der Waals surface area contributed by atoms with Gasteiger partial charge in [-0.1, -0.05) is 42.5 Å². The number of carboxylic acid groups (broad SMARTS) is 1. The molecule has 2 unspecified atom stereocenters. The van der Waals surface area contributed by atoms with Crippen LogP contribution in [0.15, 0.2) is 54.6 Å². The SMILES string of the molecule is O=C(O)c1ccc(C(c2ccccc2)C2C(=O)C3CCN2CC3)cc1. The van der Waals surface area contributed by atoms with Gasteiger partial charge in [-0.25, -0.2) is 4.79 Å². The molecule has 4 nitrogen and oxygen atoms in total. The van der Waals surface area contributed by atoms with Crippen LogP contribution in [0.25, 0.3) is 0 Å². The number of carboxylic acids is 1. The quantitative estimate of drug-likeness (QED) is 0.932. The topological polar surface area (TPSA) is 57.6 Å². The molecule has 3 saturated heterocycles. The molecule has 1 N–H and O–H groups in total. The number of nitrogens with zero attached hydrogens (tertiary/aromatic N) is 1. The number of carbonyl (C=O) groups excluding carboxylic acids is 1. The Labute approximate surface area is 147 Å². The highest BCUT2D eigenvalue weighted by Gasteiger charge is 2.45. The molecule has 3 aliphatic rings. The van der Waals surface area contributed by atoms with Gasteiger partial charge in [0.2, 0.25) is 0 Å². The third kappa shape index (κ3) is 2.87. The lowest BCUT2D eigenvalue weighted by atomic mass is 9.73. The van der Waals surface area contributed by atoms with E-state index in [1.165, 1.54) is 0 Å². The van der Waals surface area contributed by atoms with Gasteiger partial charge in [0, 0.05) is 11.8 Å². The summed E-state index contributed by atoms with van der Waals surface area (Å²) in [6.45, 7) is 1.94. The molecule has 0 spiro atoms. The van der Waals surface area contributed by atoms with Crippen molar-refractivity contribution in [3.63, 3.8) is 0 Å². The average Bonchev–Trinajstić information content (AvgIpc) is 2.66. The summed E-state index contributed by atoms with van der Waals surface area (Å²) < 4.78 is 0. The van der Waals surface area contributed by atoms with Crippen molar-refractivity contribution in [2.24, 2.45) is 5.92 Å². The van der Waals surface area contributed by atoms with Gasteiger partial charge in [-0.3, -0.25) is 9.69 Å². The molecule has 0 amide bonds. The van der Waals surface area contributed by atoms with Crippen molar-refractivity contribution in [1.82, 2.24) is 4.90 Å². The molecular weight excluding hydrogens is 314 g/mol. The van der Waals surface area contributed by atoms with Crippen LogP contribution >= 0.6 is 0 Å².